The average Bonchev–Trinajstić information content (AvgIpc) is 3.58. The molecule has 1 N–H and O–H groups in total. The molecule has 0 aliphatic heterocycles. The lowest BCUT2D eigenvalue weighted by atomic mass is 10.1. The van der Waals surface area contributed by atoms with Crippen molar-refractivity contribution in [1.29, 1.82) is 0 Å². The molecule has 1 aromatic heterocycles. The Labute approximate surface area is 205 Å². The third kappa shape index (κ3) is 3.87. The van der Waals surface area contributed by atoms with Gasteiger partial charge in [-0.1, -0.05) is 41.4 Å². The molecule has 34 heavy (non-hydrogen) atoms. The standard InChI is InChI=1S/C25H18Cl2FNO4S/c26-21-9-8-18(25(30)31)24(27)19(21)12-16-13-20-22(28)10-15(14-6-7-14)11-23(20)29(16)34(32,33)17-4-2-1-3-5-17/h1-5,8-11,13-14H,6-7,12H2,(H,30,31). The van der Waals surface area contributed by atoms with Gasteiger partial charge in [-0.15, -0.1) is 0 Å². The van der Waals surface area contributed by atoms with Gasteiger partial charge in [0.15, 0.2) is 0 Å². The summed E-state index contributed by atoms with van der Waals surface area (Å²) in [6.45, 7) is 0. The van der Waals surface area contributed by atoms with E-state index in [1.807, 2.05) is 0 Å². The highest BCUT2D eigenvalue weighted by Crippen LogP contribution is 2.42. The number of carboxylic acids is 1. The van der Waals surface area contributed by atoms with Gasteiger partial charge in [-0.3, -0.25) is 0 Å². The van der Waals surface area contributed by atoms with E-state index < -0.39 is 21.8 Å². The topological polar surface area (TPSA) is 76.4 Å². The lowest BCUT2D eigenvalue weighted by Gasteiger charge is -2.15. The van der Waals surface area contributed by atoms with Gasteiger partial charge in [-0.25, -0.2) is 21.6 Å². The molecule has 0 spiro atoms. The lowest BCUT2D eigenvalue weighted by molar-refractivity contribution is 0.0697. The molecule has 1 heterocycles. The SMILES string of the molecule is O=C(O)c1ccc(Cl)c(Cc2cc3c(F)cc(C4CC4)cc3n2S(=O)(=O)c2ccccc2)c1Cl. The molecule has 9 heteroatoms. The lowest BCUT2D eigenvalue weighted by Crippen LogP contribution is -2.16. The molecule has 5 nitrogen and oxygen atoms in total. The van der Waals surface area contributed by atoms with Crippen molar-refractivity contribution in [3.63, 3.8) is 0 Å². The minimum Gasteiger partial charge on any atom is -0.478 e. The Morgan fingerprint density at radius 2 is 1.76 bits per heavy atom. The summed E-state index contributed by atoms with van der Waals surface area (Å²) >= 11 is 12.7. The maximum absolute atomic E-state index is 15.1. The largest absolute Gasteiger partial charge is 0.478 e. The number of halogens is 3. The molecule has 1 fully saturated rings. The van der Waals surface area contributed by atoms with Crippen LogP contribution in [0.3, 0.4) is 0 Å². The number of carboxylic acid groups (broad SMARTS) is 1. The van der Waals surface area contributed by atoms with Crippen LogP contribution in [0.1, 0.15) is 45.9 Å². The van der Waals surface area contributed by atoms with E-state index in [0.29, 0.717) is 0 Å². The minimum absolute atomic E-state index is 0.0439. The molecule has 0 unspecified atom stereocenters. The number of hydrogen-bond donors (Lipinski definition) is 1. The first-order valence-corrected chi connectivity index (χ1v) is 12.7. The summed E-state index contributed by atoms with van der Waals surface area (Å²) in [5.41, 5.74) is 1.29. The summed E-state index contributed by atoms with van der Waals surface area (Å²) in [5.74, 6) is -1.54. The Bertz CT molecular complexity index is 1560. The second-order valence-corrected chi connectivity index (χ2v) is 10.9. The van der Waals surface area contributed by atoms with E-state index in [1.54, 1.807) is 24.3 Å². The third-order valence-corrected chi connectivity index (χ3v) is 8.59. The predicted octanol–water partition coefficient (Wildman–Crippen LogP) is 6.49. The van der Waals surface area contributed by atoms with E-state index in [0.717, 1.165) is 22.4 Å². The van der Waals surface area contributed by atoms with Crippen LogP contribution in [0, 0.1) is 5.82 Å². The van der Waals surface area contributed by atoms with Gasteiger partial charge in [-0.2, -0.15) is 0 Å². The Hall–Kier alpha value is -2.87. The van der Waals surface area contributed by atoms with Gasteiger partial charge in [0.2, 0.25) is 0 Å². The van der Waals surface area contributed by atoms with E-state index in [4.69, 9.17) is 23.2 Å². The zero-order valence-electron chi connectivity index (χ0n) is 17.6. The van der Waals surface area contributed by atoms with Gasteiger partial charge in [0, 0.05) is 22.5 Å². The van der Waals surface area contributed by atoms with Crippen LogP contribution >= 0.6 is 23.2 Å². The van der Waals surface area contributed by atoms with Crippen molar-refractivity contribution in [3.05, 3.63) is 98.9 Å². The first-order chi connectivity index (χ1) is 16.2. The number of rotatable bonds is 6. The van der Waals surface area contributed by atoms with E-state index in [-0.39, 0.29) is 55.0 Å². The van der Waals surface area contributed by atoms with Crippen LogP contribution in [0.2, 0.25) is 10.0 Å². The number of benzene rings is 3. The maximum atomic E-state index is 15.1. The van der Waals surface area contributed by atoms with Crippen LogP contribution in [0.25, 0.3) is 10.9 Å². The molecule has 1 saturated carbocycles. The van der Waals surface area contributed by atoms with Crippen molar-refractivity contribution in [1.82, 2.24) is 3.97 Å². The summed E-state index contributed by atoms with van der Waals surface area (Å²) in [4.78, 5) is 11.6. The summed E-state index contributed by atoms with van der Waals surface area (Å²) in [7, 11) is -4.12. The molecule has 3 aromatic carbocycles. The van der Waals surface area contributed by atoms with Gasteiger partial charge in [0.25, 0.3) is 10.0 Å². The van der Waals surface area contributed by atoms with E-state index in [2.05, 4.69) is 0 Å². The van der Waals surface area contributed by atoms with E-state index in [9.17, 15) is 18.3 Å². The molecular weight excluding hydrogens is 500 g/mol. The molecule has 1 aliphatic rings. The number of nitrogens with zero attached hydrogens (tertiary/aromatic N) is 1. The van der Waals surface area contributed by atoms with Crippen molar-refractivity contribution in [2.24, 2.45) is 0 Å². The Morgan fingerprint density at radius 3 is 2.41 bits per heavy atom. The van der Waals surface area contributed by atoms with Crippen LogP contribution in [-0.4, -0.2) is 23.5 Å². The van der Waals surface area contributed by atoms with E-state index >= 15 is 4.39 Å². The quantitative estimate of drug-likeness (QED) is 0.317. The van der Waals surface area contributed by atoms with Crippen molar-refractivity contribution in [3.8, 4) is 0 Å². The Balaban J connectivity index is 1.78. The molecule has 0 amide bonds. The number of aromatic nitrogens is 1. The van der Waals surface area contributed by atoms with Gasteiger partial charge >= 0.3 is 5.97 Å². The highest BCUT2D eigenvalue weighted by Gasteiger charge is 2.29. The number of aromatic carboxylic acids is 1. The van der Waals surface area contributed by atoms with Crippen molar-refractivity contribution < 1.29 is 22.7 Å². The van der Waals surface area contributed by atoms with E-state index in [1.165, 1.54) is 36.4 Å². The molecule has 4 aromatic rings. The summed E-state index contributed by atoms with van der Waals surface area (Å²) in [5, 5.41) is 9.69. The van der Waals surface area contributed by atoms with Crippen molar-refractivity contribution in [2.45, 2.75) is 30.1 Å². The molecule has 0 saturated heterocycles. The van der Waals surface area contributed by atoms with Gasteiger partial charge in [0.1, 0.15) is 5.82 Å². The smallest absolute Gasteiger partial charge is 0.337 e. The second kappa shape index (κ2) is 8.41. The van der Waals surface area contributed by atoms with Gasteiger partial charge in [-0.05, 0) is 72.4 Å². The van der Waals surface area contributed by atoms with Crippen LogP contribution in [0.5, 0.6) is 0 Å². The zero-order chi connectivity index (χ0) is 24.2. The fraction of sp³-hybridized carbons (Fsp3) is 0.160. The molecule has 0 radical (unpaired) electrons. The first-order valence-electron chi connectivity index (χ1n) is 10.5. The third-order valence-electron chi connectivity index (χ3n) is 6.03. The summed E-state index contributed by atoms with van der Waals surface area (Å²) in [6, 6.07) is 15.2. The highest BCUT2D eigenvalue weighted by molar-refractivity contribution is 7.90. The molecule has 174 valence electrons. The Kier molecular flexibility index (Phi) is 5.67. The van der Waals surface area contributed by atoms with Crippen LogP contribution in [0.4, 0.5) is 4.39 Å². The molecule has 0 bridgehead atoms. The average molecular weight is 518 g/mol. The first kappa shape index (κ1) is 22.9. The summed E-state index contributed by atoms with van der Waals surface area (Å²) < 4.78 is 43.8. The predicted molar refractivity (Wildman–Crippen MR) is 129 cm³/mol. The van der Waals surface area contributed by atoms with Gasteiger partial charge in [0.05, 0.1) is 21.0 Å². The molecule has 0 atom stereocenters. The zero-order valence-corrected chi connectivity index (χ0v) is 20.0. The van der Waals surface area contributed by atoms with Crippen LogP contribution in [0.15, 0.2) is 65.6 Å². The number of hydrogen-bond acceptors (Lipinski definition) is 3. The molecular formula is C25H18Cl2FNO4S. The van der Waals surface area contributed by atoms with Crippen LogP contribution in [-0.2, 0) is 16.4 Å². The monoisotopic (exact) mass is 517 g/mol. The normalized spacial score (nSPS) is 14.0. The number of carbonyl (C=O) groups is 1. The highest BCUT2D eigenvalue weighted by atomic mass is 35.5. The van der Waals surface area contributed by atoms with Gasteiger partial charge < -0.3 is 5.11 Å². The van der Waals surface area contributed by atoms with Crippen molar-refractivity contribution in [2.75, 3.05) is 0 Å². The fourth-order valence-electron chi connectivity index (χ4n) is 4.18. The van der Waals surface area contributed by atoms with Crippen LogP contribution < -0.4 is 0 Å². The molecule has 1 aliphatic carbocycles. The number of fused-ring (bicyclic) bond motifs is 1. The molecule has 5 rings (SSSR count). The second-order valence-electron chi connectivity index (χ2n) is 8.30. The minimum atomic E-state index is -4.12. The maximum Gasteiger partial charge on any atom is 0.337 e. The van der Waals surface area contributed by atoms with Crippen molar-refractivity contribution >= 4 is 50.1 Å². The summed E-state index contributed by atoms with van der Waals surface area (Å²) in [6.07, 6.45) is 1.74. The Morgan fingerprint density at radius 1 is 1.06 bits per heavy atom. The fourth-order valence-corrected chi connectivity index (χ4v) is 6.31.